The molecule has 0 fully saturated rings. The van der Waals surface area contributed by atoms with E-state index in [2.05, 4.69) is 11.4 Å². The fraction of sp³-hybridized carbons (Fsp3) is 0.467. The predicted molar refractivity (Wildman–Crippen MR) is 73.2 cm³/mol. The van der Waals surface area contributed by atoms with Gasteiger partial charge >= 0.3 is 6.18 Å². The van der Waals surface area contributed by atoms with Crippen molar-refractivity contribution in [3.8, 4) is 0 Å². The van der Waals surface area contributed by atoms with Gasteiger partial charge in [-0.25, -0.2) is 0 Å². The molecule has 0 spiro atoms. The molecule has 0 amide bonds. The van der Waals surface area contributed by atoms with Crippen molar-refractivity contribution in [1.82, 2.24) is 0 Å². The molecule has 1 aromatic carbocycles. The Labute approximate surface area is 112 Å². The van der Waals surface area contributed by atoms with Crippen molar-refractivity contribution in [3.63, 3.8) is 0 Å². The van der Waals surface area contributed by atoms with Gasteiger partial charge in [-0.15, -0.1) is 0 Å². The van der Waals surface area contributed by atoms with E-state index in [1.807, 2.05) is 20.8 Å². The molecule has 106 valence electrons. The Bertz CT molecular complexity index is 431. The number of nitrogens with one attached hydrogen (secondary N) is 1. The van der Waals surface area contributed by atoms with Crippen molar-refractivity contribution in [3.05, 3.63) is 41.5 Å². The molecule has 0 aliphatic carbocycles. The maximum absolute atomic E-state index is 12.6. The van der Waals surface area contributed by atoms with Crippen LogP contribution in [0.2, 0.25) is 0 Å². The van der Waals surface area contributed by atoms with Gasteiger partial charge in [-0.3, -0.25) is 0 Å². The van der Waals surface area contributed by atoms with Gasteiger partial charge < -0.3 is 5.32 Å². The molecular weight excluding hydrogens is 251 g/mol. The third kappa shape index (κ3) is 5.81. The molecule has 19 heavy (non-hydrogen) atoms. The minimum Gasteiger partial charge on any atom is -0.383 e. The second-order valence-electron chi connectivity index (χ2n) is 4.98. The maximum atomic E-state index is 12.6. The van der Waals surface area contributed by atoms with Gasteiger partial charge in [0, 0.05) is 11.7 Å². The predicted octanol–water partition coefficient (Wildman–Crippen LogP) is 5.25. The lowest BCUT2D eigenvalue weighted by Crippen LogP contribution is -2.15. The first-order valence-corrected chi connectivity index (χ1v) is 6.36. The summed E-state index contributed by atoms with van der Waals surface area (Å²) in [5.74, 6) is 0. The third-order valence-electron chi connectivity index (χ3n) is 2.76. The van der Waals surface area contributed by atoms with Gasteiger partial charge in [0.1, 0.15) is 0 Å². The highest BCUT2D eigenvalue weighted by atomic mass is 19.4. The highest BCUT2D eigenvalue weighted by Crippen LogP contribution is 2.30. The monoisotopic (exact) mass is 271 g/mol. The van der Waals surface area contributed by atoms with E-state index >= 15 is 0 Å². The minimum atomic E-state index is -4.29. The fourth-order valence-corrected chi connectivity index (χ4v) is 1.76. The third-order valence-corrected chi connectivity index (χ3v) is 2.76. The summed E-state index contributed by atoms with van der Waals surface area (Å²) in [6, 6.07) is 5.45. The molecule has 0 aliphatic heterocycles. The quantitative estimate of drug-likeness (QED) is 0.721. The molecule has 0 bridgehead atoms. The van der Waals surface area contributed by atoms with Crippen molar-refractivity contribution in [2.75, 3.05) is 5.32 Å². The number of halogens is 3. The number of benzene rings is 1. The van der Waals surface area contributed by atoms with Crippen LogP contribution < -0.4 is 5.32 Å². The molecule has 0 saturated heterocycles. The largest absolute Gasteiger partial charge is 0.416 e. The van der Waals surface area contributed by atoms with Crippen LogP contribution in [0, 0.1) is 0 Å². The van der Waals surface area contributed by atoms with Crippen LogP contribution in [0.5, 0.6) is 0 Å². The number of anilines is 1. The van der Waals surface area contributed by atoms with Gasteiger partial charge in [-0.2, -0.15) is 13.2 Å². The summed E-state index contributed by atoms with van der Waals surface area (Å²) < 4.78 is 37.7. The Morgan fingerprint density at radius 2 is 2.00 bits per heavy atom. The molecule has 1 atom stereocenters. The van der Waals surface area contributed by atoms with Gasteiger partial charge in [-0.1, -0.05) is 17.7 Å². The second kappa shape index (κ2) is 6.64. The maximum Gasteiger partial charge on any atom is 0.416 e. The summed E-state index contributed by atoms with van der Waals surface area (Å²) >= 11 is 0. The summed E-state index contributed by atoms with van der Waals surface area (Å²) in [7, 11) is 0. The summed E-state index contributed by atoms with van der Waals surface area (Å²) in [6.45, 7) is 6.04. The summed E-state index contributed by atoms with van der Waals surface area (Å²) in [5.41, 5.74) is 1.15. The highest BCUT2D eigenvalue weighted by Gasteiger charge is 2.30. The van der Waals surface area contributed by atoms with Crippen molar-refractivity contribution in [2.45, 2.75) is 45.8 Å². The van der Waals surface area contributed by atoms with Crippen LogP contribution in [0.15, 0.2) is 35.9 Å². The van der Waals surface area contributed by atoms with Gasteiger partial charge in [0.2, 0.25) is 0 Å². The van der Waals surface area contributed by atoms with Crippen LogP contribution >= 0.6 is 0 Å². The van der Waals surface area contributed by atoms with E-state index in [0.717, 1.165) is 25.0 Å². The lowest BCUT2D eigenvalue weighted by Gasteiger charge is -2.16. The van der Waals surface area contributed by atoms with Crippen LogP contribution in [-0.4, -0.2) is 6.04 Å². The zero-order valence-corrected chi connectivity index (χ0v) is 11.5. The Morgan fingerprint density at radius 1 is 1.32 bits per heavy atom. The highest BCUT2D eigenvalue weighted by molar-refractivity contribution is 5.47. The van der Waals surface area contributed by atoms with Gasteiger partial charge in [-0.05, 0) is 51.8 Å². The van der Waals surface area contributed by atoms with Crippen molar-refractivity contribution >= 4 is 5.69 Å². The number of hydrogen-bond donors (Lipinski definition) is 1. The lowest BCUT2D eigenvalue weighted by atomic mass is 10.1. The average Bonchev–Trinajstić information content (AvgIpc) is 2.27. The summed E-state index contributed by atoms with van der Waals surface area (Å²) in [4.78, 5) is 0. The topological polar surface area (TPSA) is 12.0 Å². The standard InChI is InChI=1S/C15H20F3N/c1-11(2)6-4-7-12(3)19-14-9-5-8-13(10-14)15(16,17)18/h5-6,8-10,12,19H,4,7H2,1-3H3. The lowest BCUT2D eigenvalue weighted by molar-refractivity contribution is -0.137. The van der Waals surface area contributed by atoms with Gasteiger partial charge in [0.25, 0.3) is 0 Å². The van der Waals surface area contributed by atoms with E-state index in [0.29, 0.717) is 5.69 Å². The molecule has 1 nitrogen and oxygen atoms in total. The van der Waals surface area contributed by atoms with E-state index in [9.17, 15) is 13.2 Å². The molecule has 0 saturated carbocycles. The van der Waals surface area contributed by atoms with Gasteiger partial charge in [0.15, 0.2) is 0 Å². The summed E-state index contributed by atoms with van der Waals surface area (Å²) in [5, 5.41) is 3.10. The molecule has 1 aromatic rings. The SMILES string of the molecule is CC(C)=CCCC(C)Nc1cccc(C(F)(F)F)c1. The van der Waals surface area contributed by atoms with Crippen LogP contribution in [0.4, 0.5) is 18.9 Å². The molecule has 0 aromatic heterocycles. The Kier molecular flexibility index (Phi) is 5.45. The number of hydrogen-bond acceptors (Lipinski definition) is 1. The van der Waals surface area contributed by atoms with Crippen molar-refractivity contribution in [1.29, 1.82) is 0 Å². The Hall–Kier alpha value is -1.45. The van der Waals surface area contributed by atoms with E-state index < -0.39 is 11.7 Å². The van der Waals surface area contributed by atoms with Crippen LogP contribution in [0.1, 0.15) is 39.2 Å². The molecule has 1 rings (SSSR count). The first kappa shape index (κ1) is 15.6. The molecule has 0 aliphatic rings. The van der Waals surface area contributed by atoms with E-state index in [1.54, 1.807) is 6.07 Å². The molecule has 1 unspecified atom stereocenters. The normalized spacial score (nSPS) is 12.9. The molecular formula is C15H20F3N. The second-order valence-corrected chi connectivity index (χ2v) is 4.98. The van der Waals surface area contributed by atoms with Crippen LogP contribution in [0.3, 0.4) is 0 Å². The van der Waals surface area contributed by atoms with E-state index in [4.69, 9.17) is 0 Å². The van der Waals surface area contributed by atoms with Crippen molar-refractivity contribution in [2.24, 2.45) is 0 Å². The number of allylic oxidation sites excluding steroid dienone is 2. The first-order chi connectivity index (χ1) is 8.79. The van der Waals surface area contributed by atoms with Crippen LogP contribution in [-0.2, 0) is 6.18 Å². The van der Waals surface area contributed by atoms with E-state index in [-0.39, 0.29) is 6.04 Å². The smallest absolute Gasteiger partial charge is 0.383 e. The Balaban J connectivity index is 2.60. The first-order valence-electron chi connectivity index (χ1n) is 6.36. The zero-order chi connectivity index (χ0) is 14.5. The zero-order valence-electron chi connectivity index (χ0n) is 11.5. The molecule has 1 N–H and O–H groups in total. The minimum absolute atomic E-state index is 0.138. The fourth-order valence-electron chi connectivity index (χ4n) is 1.76. The molecule has 0 radical (unpaired) electrons. The number of rotatable bonds is 5. The van der Waals surface area contributed by atoms with Gasteiger partial charge in [0.05, 0.1) is 5.56 Å². The number of alkyl halides is 3. The molecule has 0 heterocycles. The van der Waals surface area contributed by atoms with Crippen molar-refractivity contribution < 1.29 is 13.2 Å². The van der Waals surface area contributed by atoms with Crippen LogP contribution in [0.25, 0.3) is 0 Å². The summed E-state index contributed by atoms with van der Waals surface area (Å²) in [6.07, 6.45) is -0.343. The van der Waals surface area contributed by atoms with E-state index in [1.165, 1.54) is 11.6 Å². The molecule has 4 heteroatoms. The average molecular weight is 271 g/mol. The Morgan fingerprint density at radius 3 is 2.58 bits per heavy atom.